The highest BCUT2D eigenvalue weighted by molar-refractivity contribution is 14.0. The fourth-order valence-corrected chi connectivity index (χ4v) is 3.21. The number of aryl methyl sites for hydroxylation is 1. The minimum Gasteiger partial charge on any atom is -0.368 e. The van der Waals surface area contributed by atoms with Gasteiger partial charge in [0.15, 0.2) is 5.96 Å². The Kier molecular flexibility index (Phi) is 10.5. The molecule has 2 N–H and O–H groups in total. The molecule has 1 amide bonds. The second kappa shape index (κ2) is 12.0. The average Bonchev–Trinajstić information content (AvgIpc) is 2.66. The van der Waals surface area contributed by atoms with Crippen LogP contribution in [0.25, 0.3) is 0 Å². The summed E-state index contributed by atoms with van der Waals surface area (Å²) < 4.78 is 0. The first-order chi connectivity index (χ1) is 12.6. The zero-order valence-corrected chi connectivity index (χ0v) is 19.4. The Morgan fingerprint density at radius 3 is 2.44 bits per heavy atom. The number of rotatable bonds is 6. The molecule has 0 saturated carbocycles. The number of nitrogens with one attached hydrogen (secondary N) is 2. The predicted octanol–water partition coefficient (Wildman–Crippen LogP) is 2.54. The number of hydrogen-bond acceptors (Lipinski definition) is 3. The largest absolute Gasteiger partial charge is 0.368 e. The van der Waals surface area contributed by atoms with Gasteiger partial charge >= 0.3 is 0 Å². The highest BCUT2D eigenvalue weighted by Gasteiger charge is 2.21. The first-order valence-corrected chi connectivity index (χ1v) is 9.60. The number of nitrogens with zero attached hydrogens (tertiary/aromatic N) is 3. The molecule has 1 aliphatic rings. The Hall–Kier alpha value is -1.51. The molecule has 6 nitrogen and oxygen atoms in total. The van der Waals surface area contributed by atoms with Crippen molar-refractivity contribution in [2.75, 3.05) is 51.2 Å². The van der Waals surface area contributed by atoms with Crippen LogP contribution in [-0.2, 0) is 4.79 Å². The van der Waals surface area contributed by atoms with Gasteiger partial charge in [0, 0.05) is 58.4 Å². The van der Waals surface area contributed by atoms with E-state index in [0.29, 0.717) is 13.0 Å². The Bertz CT molecular complexity index is 627. The summed E-state index contributed by atoms with van der Waals surface area (Å²) in [6, 6.07) is 6.51. The zero-order chi connectivity index (χ0) is 18.9. The molecule has 0 bridgehead atoms. The summed E-state index contributed by atoms with van der Waals surface area (Å²) in [4.78, 5) is 20.8. The molecule has 1 fully saturated rings. The minimum absolute atomic E-state index is 0. The van der Waals surface area contributed by atoms with Gasteiger partial charge in [-0.15, -0.1) is 24.0 Å². The number of carbonyl (C=O) groups is 1. The summed E-state index contributed by atoms with van der Waals surface area (Å²) in [7, 11) is 1.80. The monoisotopic (exact) mass is 487 g/mol. The van der Waals surface area contributed by atoms with Crippen LogP contribution >= 0.6 is 24.0 Å². The van der Waals surface area contributed by atoms with Crippen molar-refractivity contribution in [3.63, 3.8) is 0 Å². The molecule has 0 radical (unpaired) electrons. The molecule has 0 aromatic heterocycles. The zero-order valence-electron chi connectivity index (χ0n) is 17.0. The number of benzene rings is 1. The first kappa shape index (κ1) is 23.5. The van der Waals surface area contributed by atoms with E-state index in [1.165, 1.54) is 16.8 Å². The number of hydrogen-bond donors (Lipinski definition) is 2. The molecule has 1 saturated heterocycles. The fourth-order valence-electron chi connectivity index (χ4n) is 3.21. The van der Waals surface area contributed by atoms with Crippen LogP contribution in [0.4, 0.5) is 5.69 Å². The summed E-state index contributed by atoms with van der Waals surface area (Å²) in [6.45, 7) is 11.6. The second-order valence-corrected chi connectivity index (χ2v) is 6.77. The lowest BCUT2D eigenvalue weighted by Gasteiger charge is -2.38. The molecular formula is C20H34IN5O. The van der Waals surface area contributed by atoms with Crippen molar-refractivity contribution in [3.05, 3.63) is 29.3 Å². The maximum atomic E-state index is 11.7. The SMILES string of the molecule is CCCNC(=O)CCNC(=NC)N1CCN(c2cccc(C)c2C)CC1.I. The molecule has 0 unspecified atom stereocenters. The van der Waals surface area contributed by atoms with E-state index in [1.807, 2.05) is 0 Å². The van der Waals surface area contributed by atoms with Crippen LogP contribution < -0.4 is 15.5 Å². The summed E-state index contributed by atoms with van der Waals surface area (Å²) in [5.41, 5.74) is 4.03. The van der Waals surface area contributed by atoms with Gasteiger partial charge in [-0.25, -0.2) is 0 Å². The molecule has 1 aliphatic heterocycles. The van der Waals surface area contributed by atoms with Crippen LogP contribution in [0.5, 0.6) is 0 Å². The molecule has 27 heavy (non-hydrogen) atoms. The number of piperazine rings is 1. The molecule has 1 heterocycles. The van der Waals surface area contributed by atoms with Gasteiger partial charge in [-0.2, -0.15) is 0 Å². The Balaban J connectivity index is 0.00000364. The van der Waals surface area contributed by atoms with Crippen molar-refractivity contribution in [1.29, 1.82) is 0 Å². The molecule has 1 aromatic carbocycles. The van der Waals surface area contributed by atoms with Crippen LogP contribution in [-0.4, -0.2) is 63.1 Å². The Morgan fingerprint density at radius 1 is 1.11 bits per heavy atom. The van der Waals surface area contributed by atoms with Crippen molar-refractivity contribution in [2.45, 2.75) is 33.6 Å². The molecule has 0 atom stereocenters. The Morgan fingerprint density at radius 2 is 1.81 bits per heavy atom. The summed E-state index contributed by atoms with van der Waals surface area (Å²) in [5, 5.41) is 6.22. The minimum atomic E-state index is 0. The molecule has 7 heteroatoms. The first-order valence-electron chi connectivity index (χ1n) is 9.60. The van der Waals surface area contributed by atoms with E-state index < -0.39 is 0 Å². The lowest BCUT2D eigenvalue weighted by molar-refractivity contribution is -0.120. The van der Waals surface area contributed by atoms with Gasteiger partial charge < -0.3 is 20.4 Å². The normalized spacial score (nSPS) is 14.6. The molecular weight excluding hydrogens is 453 g/mol. The quantitative estimate of drug-likeness (QED) is 0.368. The average molecular weight is 487 g/mol. The predicted molar refractivity (Wildman–Crippen MR) is 124 cm³/mol. The van der Waals surface area contributed by atoms with Crippen molar-refractivity contribution in [2.24, 2.45) is 4.99 Å². The van der Waals surface area contributed by atoms with Crippen molar-refractivity contribution in [3.8, 4) is 0 Å². The topological polar surface area (TPSA) is 60.0 Å². The smallest absolute Gasteiger partial charge is 0.221 e. The van der Waals surface area contributed by atoms with Gasteiger partial charge in [-0.05, 0) is 37.5 Å². The summed E-state index contributed by atoms with van der Waals surface area (Å²) in [6.07, 6.45) is 1.44. The Labute approximate surface area is 180 Å². The van der Waals surface area contributed by atoms with Gasteiger partial charge in [-0.1, -0.05) is 19.1 Å². The standard InChI is InChI=1S/C20H33N5O.HI/c1-5-10-22-19(26)9-11-23-20(21-4)25-14-12-24(13-15-25)18-8-6-7-16(2)17(18)3;/h6-8H,5,9-15H2,1-4H3,(H,21,23)(H,22,26);1H. The van der Waals surface area contributed by atoms with Crippen LogP contribution in [0.1, 0.15) is 30.9 Å². The van der Waals surface area contributed by atoms with Gasteiger partial charge in [0.25, 0.3) is 0 Å². The van der Waals surface area contributed by atoms with E-state index >= 15 is 0 Å². The third kappa shape index (κ3) is 6.86. The number of carbonyl (C=O) groups excluding carboxylic acids is 1. The highest BCUT2D eigenvalue weighted by Crippen LogP contribution is 2.23. The van der Waals surface area contributed by atoms with E-state index in [9.17, 15) is 4.79 Å². The molecule has 0 aliphatic carbocycles. The molecule has 2 rings (SSSR count). The van der Waals surface area contributed by atoms with Crippen molar-refractivity contribution in [1.82, 2.24) is 15.5 Å². The maximum absolute atomic E-state index is 11.7. The number of guanidine groups is 1. The van der Waals surface area contributed by atoms with Crippen LogP contribution in [0, 0.1) is 13.8 Å². The van der Waals surface area contributed by atoms with Crippen LogP contribution in [0.2, 0.25) is 0 Å². The van der Waals surface area contributed by atoms with Crippen molar-refractivity contribution < 1.29 is 4.79 Å². The van der Waals surface area contributed by atoms with Gasteiger partial charge in [0.2, 0.25) is 5.91 Å². The van der Waals surface area contributed by atoms with Gasteiger partial charge in [0.1, 0.15) is 0 Å². The number of aliphatic imine (C=N–C) groups is 1. The number of anilines is 1. The van der Waals surface area contributed by atoms with E-state index in [1.54, 1.807) is 7.05 Å². The van der Waals surface area contributed by atoms with E-state index in [2.05, 4.69) is 64.4 Å². The van der Waals surface area contributed by atoms with Gasteiger partial charge in [0.05, 0.1) is 0 Å². The molecule has 1 aromatic rings. The van der Waals surface area contributed by atoms with Crippen LogP contribution in [0.3, 0.4) is 0 Å². The number of amides is 1. The van der Waals surface area contributed by atoms with E-state index in [-0.39, 0.29) is 29.9 Å². The third-order valence-electron chi connectivity index (χ3n) is 4.92. The third-order valence-corrected chi connectivity index (χ3v) is 4.92. The van der Waals surface area contributed by atoms with E-state index in [4.69, 9.17) is 0 Å². The summed E-state index contributed by atoms with van der Waals surface area (Å²) in [5.74, 6) is 0.975. The lowest BCUT2D eigenvalue weighted by Crippen LogP contribution is -2.53. The highest BCUT2D eigenvalue weighted by atomic mass is 127. The van der Waals surface area contributed by atoms with Gasteiger partial charge in [-0.3, -0.25) is 9.79 Å². The molecule has 152 valence electrons. The maximum Gasteiger partial charge on any atom is 0.221 e. The van der Waals surface area contributed by atoms with Crippen LogP contribution in [0.15, 0.2) is 23.2 Å². The number of halogens is 1. The lowest BCUT2D eigenvalue weighted by atomic mass is 10.1. The van der Waals surface area contributed by atoms with Crippen molar-refractivity contribution >= 4 is 41.5 Å². The molecule has 0 spiro atoms. The van der Waals surface area contributed by atoms with E-state index in [0.717, 1.165) is 45.1 Å². The summed E-state index contributed by atoms with van der Waals surface area (Å²) >= 11 is 0. The fraction of sp³-hybridized carbons (Fsp3) is 0.600. The second-order valence-electron chi connectivity index (χ2n) is 6.77.